The number of hydrogen-bond acceptors (Lipinski definition) is 5. The van der Waals surface area contributed by atoms with Crippen molar-refractivity contribution in [1.82, 2.24) is 10.2 Å². The van der Waals surface area contributed by atoms with E-state index in [0.29, 0.717) is 5.56 Å². The summed E-state index contributed by atoms with van der Waals surface area (Å²) in [4.78, 5) is 16.6. The quantitative estimate of drug-likeness (QED) is 0.374. The number of halogens is 2. The largest absolute Gasteiger partial charge is 0.379 e. The number of urea groups is 1. The van der Waals surface area contributed by atoms with Gasteiger partial charge >= 0.3 is 16.1 Å². The molecule has 0 aliphatic rings. The molecule has 35 heavy (non-hydrogen) atoms. The highest BCUT2D eigenvalue weighted by Gasteiger charge is 2.26. The van der Waals surface area contributed by atoms with Crippen LogP contribution in [-0.2, 0) is 16.7 Å². The highest BCUT2D eigenvalue weighted by molar-refractivity contribution is 7.87. The summed E-state index contributed by atoms with van der Waals surface area (Å²) in [5.41, 5.74) is 0.948. The van der Waals surface area contributed by atoms with Gasteiger partial charge in [-0.05, 0) is 72.7 Å². The molecule has 0 heterocycles. The van der Waals surface area contributed by atoms with E-state index in [1.54, 1.807) is 17.0 Å². The Morgan fingerprint density at radius 2 is 1.66 bits per heavy atom. The van der Waals surface area contributed by atoms with Crippen LogP contribution < -0.4 is 14.4 Å². The van der Waals surface area contributed by atoms with Gasteiger partial charge in [0, 0.05) is 42.0 Å². The third-order valence-electron chi connectivity index (χ3n) is 5.27. The molecule has 0 aliphatic heterocycles. The third kappa shape index (κ3) is 7.92. The molecule has 0 aliphatic carbocycles. The Hall–Kier alpha value is -2.16. The van der Waals surface area contributed by atoms with E-state index in [0.717, 1.165) is 18.8 Å². The minimum absolute atomic E-state index is 0.110. The molecule has 2 rings (SSSR count). The molecule has 0 aromatic heterocycles. The van der Waals surface area contributed by atoms with Gasteiger partial charge in [-0.25, -0.2) is 4.79 Å². The number of carbonyl (C=O) groups is 1. The fraction of sp³-hybridized carbons (Fsp3) is 0.480. The molecular weight excluding hydrogens is 509 g/mol. The van der Waals surface area contributed by atoms with Crippen LogP contribution in [0.1, 0.15) is 54.0 Å². The maximum Gasteiger partial charge on any atom is 0.339 e. The van der Waals surface area contributed by atoms with Gasteiger partial charge in [-0.1, -0.05) is 29.3 Å². The van der Waals surface area contributed by atoms with E-state index in [4.69, 9.17) is 27.4 Å². The molecule has 0 atom stereocenters. The van der Waals surface area contributed by atoms with E-state index >= 15 is 0 Å². The van der Waals surface area contributed by atoms with Crippen LogP contribution in [0.5, 0.6) is 5.75 Å². The van der Waals surface area contributed by atoms with Gasteiger partial charge in [-0.3, -0.25) is 0 Å². The molecule has 0 unspecified atom stereocenters. The van der Waals surface area contributed by atoms with Crippen LogP contribution >= 0.6 is 23.2 Å². The summed E-state index contributed by atoms with van der Waals surface area (Å²) < 4.78 is 31.9. The zero-order valence-electron chi connectivity index (χ0n) is 21.4. The van der Waals surface area contributed by atoms with Crippen LogP contribution in [-0.4, -0.2) is 44.0 Å². The van der Waals surface area contributed by atoms with Gasteiger partial charge in [0.05, 0.1) is 16.6 Å². The van der Waals surface area contributed by atoms with Crippen LogP contribution in [0.3, 0.4) is 0 Å². The highest BCUT2D eigenvalue weighted by Crippen LogP contribution is 2.32. The summed E-state index contributed by atoms with van der Waals surface area (Å²) in [6.07, 6.45) is 0. The van der Waals surface area contributed by atoms with Gasteiger partial charge in [0.2, 0.25) is 0 Å². The Morgan fingerprint density at radius 1 is 1.03 bits per heavy atom. The lowest BCUT2D eigenvalue weighted by Crippen LogP contribution is -2.50. The number of nitrogens with one attached hydrogen (secondary N) is 1. The molecule has 2 amide bonds. The van der Waals surface area contributed by atoms with E-state index in [9.17, 15) is 13.2 Å². The fourth-order valence-corrected chi connectivity index (χ4v) is 4.75. The fourth-order valence-electron chi connectivity index (χ4n) is 3.40. The summed E-state index contributed by atoms with van der Waals surface area (Å²) in [7, 11) is -4.22. The van der Waals surface area contributed by atoms with Crippen molar-refractivity contribution in [3.63, 3.8) is 0 Å². The number of nitrogens with zero attached hydrogens (tertiary/aromatic N) is 2. The smallest absolute Gasteiger partial charge is 0.339 e. The van der Waals surface area contributed by atoms with Gasteiger partial charge < -0.3 is 19.3 Å². The van der Waals surface area contributed by atoms with Gasteiger partial charge in [-0.15, -0.1) is 0 Å². The normalized spacial score (nSPS) is 11.9. The van der Waals surface area contributed by atoms with Crippen LogP contribution in [0.25, 0.3) is 0 Å². The van der Waals surface area contributed by atoms with Crippen molar-refractivity contribution in [3.05, 3.63) is 52.0 Å². The maximum atomic E-state index is 13.1. The molecule has 0 radical (unpaired) electrons. The number of anilines is 1. The second-order valence-electron chi connectivity index (χ2n) is 9.48. The average molecular weight is 545 g/mol. The van der Waals surface area contributed by atoms with Crippen molar-refractivity contribution >= 4 is 45.0 Å². The first-order valence-electron chi connectivity index (χ1n) is 11.5. The first-order valence-corrected chi connectivity index (χ1v) is 13.7. The van der Waals surface area contributed by atoms with Gasteiger partial charge in [0.15, 0.2) is 0 Å². The minimum Gasteiger partial charge on any atom is -0.379 e. The Balaban J connectivity index is 2.53. The van der Waals surface area contributed by atoms with Crippen molar-refractivity contribution in [2.45, 2.75) is 71.5 Å². The molecule has 2 aromatic rings. The Morgan fingerprint density at radius 3 is 2.17 bits per heavy atom. The molecule has 0 saturated carbocycles. The summed E-state index contributed by atoms with van der Waals surface area (Å²) >= 11 is 12.0. The van der Waals surface area contributed by atoms with Crippen LogP contribution in [0.4, 0.5) is 10.5 Å². The number of amides is 2. The number of carbonyl (C=O) groups excluding carboxylic acids is 1. The zero-order chi connectivity index (χ0) is 26.6. The number of hydrogen-bond donors (Lipinski definition) is 1. The standard InChI is InChI=1S/C25H35Cl2N3O4S/c1-8-29(9-2)19-11-10-18(16-30(17(3)4)24(31)28-25(5,6)7)23(14-19)34-35(32,33)20-12-13-21(26)22(27)15-20/h10-15,17H,8-9,16H2,1-7H3,(H,28,31). The van der Waals surface area contributed by atoms with E-state index in [1.165, 1.54) is 18.2 Å². The number of benzene rings is 2. The van der Waals surface area contributed by atoms with Crippen molar-refractivity contribution in [3.8, 4) is 5.75 Å². The lowest BCUT2D eigenvalue weighted by atomic mass is 10.1. The lowest BCUT2D eigenvalue weighted by Gasteiger charge is -2.32. The second kappa shape index (κ2) is 11.7. The molecule has 0 bridgehead atoms. The van der Waals surface area contributed by atoms with Crippen molar-refractivity contribution in [1.29, 1.82) is 0 Å². The number of rotatable bonds is 9. The highest BCUT2D eigenvalue weighted by atomic mass is 35.5. The molecule has 7 nitrogen and oxygen atoms in total. The molecule has 194 valence electrons. The molecule has 0 spiro atoms. The monoisotopic (exact) mass is 543 g/mol. The van der Waals surface area contributed by atoms with Crippen molar-refractivity contribution in [2.75, 3.05) is 18.0 Å². The molecule has 1 N–H and O–H groups in total. The molecule has 0 saturated heterocycles. The minimum atomic E-state index is -4.22. The summed E-state index contributed by atoms with van der Waals surface area (Å²) in [5, 5.41) is 3.32. The van der Waals surface area contributed by atoms with Gasteiger partial charge in [0.1, 0.15) is 10.6 Å². The van der Waals surface area contributed by atoms with Crippen molar-refractivity contribution in [2.24, 2.45) is 0 Å². The van der Waals surface area contributed by atoms with Crippen molar-refractivity contribution < 1.29 is 17.4 Å². The topological polar surface area (TPSA) is 79.0 Å². The molecule has 2 aromatic carbocycles. The van der Waals surface area contributed by atoms with E-state index in [-0.39, 0.29) is 39.3 Å². The predicted octanol–water partition coefficient (Wildman–Crippen LogP) is 6.33. The molecule has 0 fully saturated rings. The third-order valence-corrected chi connectivity index (χ3v) is 7.23. The van der Waals surface area contributed by atoms with Gasteiger partial charge in [0.25, 0.3) is 0 Å². The first kappa shape index (κ1) is 29.1. The van der Waals surface area contributed by atoms with E-state index in [1.807, 2.05) is 54.5 Å². The van der Waals surface area contributed by atoms with Crippen LogP contribution in [0.15, 0.2) is 41.3 Å². The van der Waals surface area contributed by atoms with Gasteiger partial charge in [-0.2, -0.15) is 8.42 Å². The average Bonchev–Trinajstić information content (AvgIpc) is 2.74. The van der Waals surface area contributed by atoms with E-state index in [2.05, 4.69) is 10.2 Å². The Bertz CT molecular complexity index is 1140. The molecule has 10 heteroatoms. The second-order valence-corrected chi connectivity index (χ2v) is 11.8. The zero-order valence-corrected chi connectivity index (χ0v) is 23.7. The Labute approximate surface area is 219 Å². The summed E-state index contributed by atoms with van der Waals surface area (Å²) in [5.74, 6) is 0.148. The first-order chi connectivity index (χ1) is 16.2. The lowest BCUT2D eigenvalue weighted by molar-refractivity contribution is 0.171. The SMILES string of the molecule is CCN(CC)c1ccc(CN(C(=O)NC(C)(C)C)C(C)C)c(OS(=O)(=O)c2ccc(Cl)c(Cl)c2)c1. The van der Waals surface area contributed by atoms with Crippen LogP contribution in [0.2, 0.25) is 10.0 Å². The summed E-state index contributed by atoms with van der Waals surface area (Å²) in [6.45, 7) is 15.2. The van der Waals surface area contributed by atoms with E-state index < -0.39 is 15.7 Å². The molecular formula is C25H35Cl2N3O4S. The maximum absolute atomic E-state index is 13.1. The predicted molar refractivity (Wildman–Crippen MR) is 143 cm³/mol. The van der Waals surface area contributed by atoms with Crippen LogP contribution in [0, 0.1) is 0 Å². The summed E-state index contributed by atoms with van der Waals surface area (Å²) in [6, 6.07) is 9.01. The Kier molecular flexibility index (Phi) is 9.73.